The molecule has 0 atom stereocenters. The van der Waals surface area contributed by atoms with Crippen LogP contribution in [0.25, 0.3) is 0 Å². The molecule has 0 aromatic heterocycles. The van der Waals surface area contributed by atoms with Gasteiger partial charge < -0.3 is 20.3 Å². The number of carbonyl (C=O) groups is 1. The zero-order valence-corrected chi connectivity index (χ0v) is 10.2. The highest BCUT2D eigenvalue weighted by atomic mass is 16.6. The minimum absolute atomic E-state index is 0.00736. The van der Waals surface area contributed by atoms with E-state index in [1.54, 1.807) is 20.8 Å². The maximum absolute atomic E-state index is 11.4. The maximum atomic E-state index is 11.4. The van der Waals surface area contributed by atoms with Crippen LogP contribution >= 0.6 is 0 Å². The molecule has 0 radical (unpaired) electrons. The van der Waals surface area contributed by atoms with E-state index in [1.807, 2.05) is 0 Å². The highest BCUT2D eigenvalue weighted by Crippen LogP contribution is 2.25. The van der Waals surface area contributed by atoms with Crippen LogP contribution in [0.2, 0.25) is 0 Å². The van der Waals surface area contributed by atoms with Crippen LogP contribution in [0.4, 0.5) is 4.79 Å². The smallest absolute Gasteiger partial charge is 0.407 e. The van der Waals surface area contributed by atoms with E-state index in [9.17, 15) is 15.0 Å². The second-order valence-electron chi connectivity index (χ2n) is 4.63. The molecule has 0 saturated carbocycles. The first-order valence-electron chi connectivity index (χ1n) is 5.26. The van der Waals surface area contributed by atoms with Crippen molar-refractivity contribution < 1.29 is 19.7 Å². The lowest BCUT2D eigenvalue weighted by molar-refractivity contribution is 0.0523. The first kappa shape index (κ1) is 13.2. The molecule has 0 aliphatic rings. The minimum Gasteiger partial charge on any atom is -0.507 e. The van der Waals surface area contributed by atoms with Crippen LogP contribution in [0.5, 0.6) is 11.5 Å². The van der Waals surface area contributed by atoms with Crippen LogP contribution in [0.3, 0.4) is 0 Å². The van der Waals surface area contributed by atoms with Crippen molar-refractivity contribution in [2.24, 2.45) is 0 Å². The van der Waals surface area contributed by atoms with Gasteiger partial charge in [-0.3, -0.25) is 0 Å². The summed E-state index contributed by atoms with van der Waals surface area (Å²) in [6, 6.07) is 4.39. The second kappa shape index (κ2) is 4.95. The van der Waals surface area contributed by atoms with Crippen molar-refractivity contribution in [1.29, 1.82) is 0 Å². The summed E-state index contributed by atoms with van der Waals surface area (Å²) in [4.78, 5) is 11.4. The molecule has 0 spiro atoms. The maximum Gasteiger partial charge on any atom is 0.407 e. The summed E-state index contributed by atoms with van der Waals surface area (Å²) in [6.45, 7) is 5.27. The summed E-state index contributed by atoms with van der Waals surface area (Å²) in [7, 11) is 0. The van der Waals surface area contributed by atoms with Gasteiger partial charge in [0, 0.05) is 0 Å². The molecule has 17 heavy (non-hydrogen) atoms. The molecule has 0 unspecified atom stereocenters. The number of rotatable bonds is 2. The van der Waals surface area contributed by atoms with Gasteiger partial charge in [-0.2, -0.15) is 0 Å². The molecular formula is C12H17NO4. The van der Waals surface area contributed by atoms with Crippen LogP contribution in [0.1, 0.15) is 26.3 Å². The Morgan fingerprint density at radius 1 is 1.29 bits per heavy atom. The summed E-state index contributed by atoms with van der Waals surface area (Å²) >= 11 is 0. The second-order valence-corrected chi connectivity index (χ2v) is 4.63. The van der Waals surface area contributed by atoms with Gasteiger partial charge in [-0.1, -0.05) is 6.07 Å². The number of benzene rings is 1. The molecule has 3 N–H and O–H groups in total. The Labute approximate surface area is 100 Å². The quantitative estimate of drug-likeness (QED) is 0.738. The molecule has 0 saturated heterocycles. The third-order valence-corrected chi connectivity index (χ3v) is 1.93. The van der Waals surface area contributed by atoms with Crippen LogP contribution in [0.15, 0.2) is 18.2 Å². The topological polar surface area (TPSA) is 78.8 Å². The van der Waals surface area contributed by atoms with Gasteiger partial charge in [0.25, 0.3) is 0 Å². The molecule has 1 rings (SSSR count). The van der Waals surface area contributed by atoms with Gasteiger partial charge in [0.05, 0.1) is 12.1 Å². The fourth-order valence-electron chi connectivity index (χ4n) is 1.22. The van der Waals surface area contributed by atoms with Gasteiger partial charge in [-0.15, -0.1) is 0 Å². The molecule has 1 aromatic rings. The lowest BCUT2D eigenvalue weighted by atomic mass is 10.2. The third-order valence-electron chi connectivity index (χ3n) is 1.93. The molecular weight excluding hydrogens is 222 g/mol. The van der Waals surface area contributed by atoms with Crippen molar-refractivity contribution >= 4 is 6.09 Å². The van der Waals surface area contributed by atoms with Crippen molar-refractivity contribution in [3.05, 3.63) is 23.8 Å². The fourth-order valence-corrected chi connectivity index (χ4v) is 1.22. The van der Waals surface area contributed by atoms with E-state index in [1.165, 1.54) is 18.2 Å². The van der Waals surface area contributed by atoms with Crippen molar-refractivity contribution in [2.45, 2.75) is 32.9 Å². The standard InChI is InChI=1S/C12H17NO4/c1-12(2,3)17-11(16)13-7-8-9(14)5-4-6-10(8)15/h4-6,14-15H,7H2,1-3H3,(H,13,16). The van der Waals surface area contributed by atoms with E-state index in [-0.39, 0.29) is 23.6 Å². The lowest BCUT2D eigenvalue weighted by Gasteiger charge is -2.19. The molecule has 0 aliphatic carbocycles. The number of ether oxygens (including phenoxy) is 1. The largest absolute Gasteiger partial charge is 0.507 e. The zero-order chi connectivity index (χ0) is 13.1. The Kier molecular flexibility index (Phi) is 3.83. The molecule has 1 aromatic carbocycles. The summed E-state index contributed by atoms with van der Waals surface area (Å²) in [5.41, 5.74) is -0.316. The van der Waals surface area contributed by atoms with E-state index in [2.05, 4.69) is 5.32 Å². The first-order valence-corrected chi connectivity index (χ1v) is 5.26. The van der Waals surface area contributed by atoms with Crippen molar-refractivity contribution in [3.8, 4) is 11.5 Å². The summed E-state index contributed by atoms with van der Waals surface area (Å²) in [5, 5.41) is 21.4. The minimum atomic E-state index is -0.597. The van der Waals surface area contributed by atoms with Gasteiger partial charge in [-0.25, -0.2) is 4.79 Å². The van der Waals surface area contributed by atoms with E-state index < -0.39 is 11.7 Å². The van der Waals surface area contributed by atoms with Gasteiger partial charge in [0.15, 0.2) is 0 Å². The molecule has 5 heteroatoms. The van der Waals surface area contributed by atoms with E-state index >= 15 is 0 Å². The molecule has 5 nitrogen and oxygen atoms in total. The SMILES string of the molecule is CC(C)(C)OC(=O)NCc1c(O)cccc1O. The third kappa shape index (κ3) is 4.22. The van der Waals surface area contributed by atoms with Crippen molar-refractivity contribution in [3.63, 3.8) is 0 Å². The number of hydrogen-bond acceptors (Lipinski definition) is 4. The van der Waals surface area contributed by atoms with Crippen LogP contribution in [-0.4, -0.2) is 21.9 Å². The average Bonchev–Trinajstić information content (AvgIpc) is 2.14. The Bertz CT molecular complexity index is 389. The van der Waals surface area contributed by atoms with Crippen molar-refractivity contribution in [2.75, 3.05) is 0 Å². The normalized spacial score (nSPS) is 11.0. The molecule has 0 heterocycles. The van der Waals surface area contributed by atoms with Crippen LogP contribution in [0, 0.1) is 0 Å². The van der Waals surface area contributed by atoms with E-state index in [0.29, 0.717) is 0 Å². The zero-order valence-electron chi connectivity index (χ0n) is 10.2. The first-order chi connectivity index (χ1) is 7.79. The number of aromatic hydroxyl groups is 2. The van der Waals surface area contributed by atoms with Gasteiger partial charge in [0.2, 0.25) is 0 Å². The predicted molar refractivity (Wildman–Crippen MR) is 62.8 cm³/mol. The summed E-state index contributed by atoms with van der Waals surface area (Å²) in [6.07, 6.45) is -0.597. The number of nitrogens with one attached hydrogen (secondary N) is 1. The molecule has 0 bridgehead atoms. The molecule has 94 valence electrons. The molecule has 1 amide bonds. The summed E-state index contributed by atoms with van der Waals surface area (Å²) < 4.78 is 5.03. The van der Waals surface area contributed by atoms with E-state index in [4.69, 9.17) is 4.74 Å². The number of phenolic OH excluding ortho intramolecular Hbond substituents is 2. The van der Waals surface area contributed by atoms with Gasteiger partial charge in [0.1, 0.15) is 17.1 Å². The average molecular weight is 239 g/mol. The summed E-state index contributed by atoms with van der Waals surface area (Å²) in [5.74, 6) is -0.137. The number of phenols is 2. The Morgan fingerprint density at radius 2 is 1.82 bits per heavy atom. The highest BCUT2D eigenvalue weighted by molar-refractivity contribution is 5.68. The number of alkyl carbamates (subject to hydrolysis) is 1. The Balaban J connectivity index is 2.59. The molecule has 0 fully saturated rings. The van der Waals surface area contributed by atoms with Crippen LogP contribution in [-0.2, 0) is 11.3 Å². The fraction of sp³-hybridized carbons (Fsp3) is 0.417. The molecule has 0 aliphatic heterocycles. The van der Waals surface area contributed by atoms with Crippen LogP contribution < -0.4 is 5.32 Å². The predicted octanol–water partition coefficient (Wildman–Crippen LogP) is 2.12. The number of hydrogen-bond donors (Lipinski definition) is 3. The van der Waals surface area contributed by atoms with Gasteiger partial charge in [-0.05, 0) is 32.9 Å². The number of amides is 1. The van der Waals surface area contributed by atoms with E-state index in [0.717, 1.165) is 0 Å². The monoisotopic (exact) mass is 239 g/mol. The number of carbonyl (C=O) groups excluding carboxylic acids is 1. The van der Waals surface area contributed by atoms with Gasteiger partial charge >= 0.3 is 6.09 Å². The lowest BCUT2D eigenvalue weighted by Crippen LogP contribution is -2.32. The Morgan fingerprint density at radius 3 is 2.29 bits per heavy atom. The Hall–Kier alpha value is -1.91. The van der Waals surface area contributed by atoms with Crippen molar-refractivity contribution in [1.82, 2.24) is 5.32 Å². The highest BCUT2D eigenvalue weighted by Gasteiger charge is 2.16.